The van der Waals surface area contributed by atoms with Crippen LogP contribution in [0, 0.1) is 0 Å². The lowest BCUT2D eigenvalue weighted by Crippen LogP contribution is -2.20. The van der Waals surface area contributed by atoms with Crippen LogP contribution in [0.2, 0.25) is 0 Å². The predicted molar refractivity (Wildman–Crippen MR) is 103 cm³/mol. The Kier molecular flexibility index (Phi) is 4.35. The zero-order valence-electron chi connectivity index (χ0n) is 14.6. The number of para-hydroxylation sites is 2. The minimum absolute atomic E-state index is 0.220. The van der Waals surface area contributed by atoms with Crippen LogP contribution >= 0.6 is 0 Å². The van der Waals surface area contributed by atoms with Gasteiger partial charge in [-0.2, -0.15) is 0 Å². The number of hydrogen-bond donors (Lipinski definition) is 1. The van der Waals surface area contributed by atoms with Crippen molar-refractivity contribution in [1.82, 2.24) is 9.97 Å². The van der Waals surface area contributed by atoms with Crippen LogP contribution < -0.4 is 10.2 Å². The maximum atomic E-state index is 12.7. The Morgan fingerprint density at radius 1 is 1.12 bits per heavy atom. The second-order valence-electron chi connectivity index (χ2n) is 6.24. The van der Waals surface area contributed by atoms with E-state index < -0.39 is 0 Å². The molecule has 0 saturated carbocycles. The third-order valence-electron chi connectivity index (χ3n) is 4.65. The number of fused-ring (bicyclic) bond motifs is 1. The first-order valence-electron chi connectivity index (χ1n) is 8.84. The van der Waals surface area contributed by atoms with Crippen molar-refractivity contribution < 1.29 is 4.79 Å². The highest BCUT2D eigenvalue weighted by molar-refractivity contribution is 6.03. The van der Waals surface area contributed by atoms with E-state index in [1.165, 1.54) is 5.56 Å². The Labute approximate surface area is 152 Å². The number of hydrogen-bond acceptors (Lipinski definition) is 4. The van der Waals surface area contributed by atoms with E-state index in [9.17, 15) is 4.79 Å². The highest BCUT2D eigenvalue weighted by Crippen LogP contribution is 2.32. The summed E-state index contributed by atoms with van der Waals surface area (Å²) in [6.07, 6.45) is 3.46. The van der Waals surface area contributed by atoms with Crippen LogP contribution in [0.3, 0.4) is 0 Å². The summed E-state index contributed by atoms with van der Waals surface area (Å²) in [5.74, 6) is 0.341. The zero-order chi connectivity index (χ0) is 17.9. The van der Waals surface area contributed by atoms with E-state index in [2.05, 4.69) is 39.2 Å². The standard InChI is InChI=1S/C21H20N4O/c1-2-15-7-3-5-9-17(15)23-20(26)18-11-13-22-21(24-18)25-14-12-16-8-4-6-10-19(16)25/h3-11,13H,2,12,14H2,1H3,(H,23,26). The largest absolute Gasteiger partial charge is 0.320 e. The molecule has 0 aliphatic carbocycles. The van der Waals surface area contributed by atoms with Crippen LogP contribution in [-0.2, 0) is 12.8 Å². The first-order valence-corrected chi connectivity index (χ1v) is 8.84. The van der Waals surface area contributed by atoms with Gasteiger partial charge < -0.3 is 10.2 Å². The number of nitrogens with zero attached hydrogens (tertiary/aromatic N) is 3. The molecule has 2 heterocycles. The van der Waals surface area contributed by atoms with Crippen molar-refractivity contribution in [2.24, 2.45) is 0 Å². The van der Waals surface area contributed by atoms with E-state index in [0.29, 0.717) is 11.6 Å². The lowest BCUT2D eigenvalue weighted by molar-refractivity contribution is 0.102. The zero-order valence-corrected chi connectivity index (χ0v) is 14.6. The molecule has 130 valence electrons. The average molecular weight is 344 g/mol. The van der Waals surface area contributed by atoms with Crippen LogP contribution in [0.5, 0.6) is 0 Å². The Morgan fingerprint density at radius 3 is 2.81 bits per heavy atom. The molecule has 0 spiro atoms. The molecule has 26 heavy (non-hydrogen) atoms. The molecule has 5 nitrogen and oxygen atoms in total. The Balaban J connectivity index is 1.59. The van der Waals surface area contributed by atoms with Gasteiger partial charge in [0, 0.05) is 24.1 Å². The number of aromatic nitrogens is 2. The van der Waals surface area contributed by atoms with Crippen molar-refractivity contribution in [2.45, 2.75) is 19.8 Å². The van der Waals surface area contributed by atoms with E-state index in [1.807, 2.05) is 36.4 Å². The van der Waals surface area contributed by atoms with Gasteiger partial charge in [-0.15, -0.1) is 0 Å². The van der Waals surface area contributed by atoms with Gasteiger partial charge in [0.1, 0.15) is 5.69 Å². The lowest BCUT2D eigenvalue weighted by Gasteiger charge is -2.17. The number of anilines is 3. The SMILES string of the molecule is CCc1ccccc1NC(=O)c1ccnc(N2CCc3ccccc32)n1. The number of carbonyl (C=O) groups is 1. The number of rotatable bonds is 4. The fourth-order valence-corrected chi connectivity index (χ4v) is 3.29. The van der Waals surface area contributed by atoms with Crippen molar-refractivity contribution in [2.75, 3.05) is 16.8 Å². The van der Waals surface area contributed by atoms with Crippen LogP contribution in [0.25, 0.3) is 0 Å². The summed E-state index contributed by atoms with van der Waals surface area (Å²) in [5, 5.41) is 2.97. The van der Waals surface area contributed by atoms with E-state index in [-0.39, 0.29) is 5.91 Å². The third-order valence-corrected chi connectivity index (χ3v) is 4.65. The third kappa shape index (κ3) is 3.04. The summed E-state index contributed by atoms with van der Waals surface area (Å²) >= 11 is 0. The van der Waals surface area contributed by atoms with Crippen molar-refractivity contribution in [3.05, 3.63) is 77.6 Å². The summed E-state index contributed by atoms with van der Waals surface area (Å²) in [5.41, 5.74) is 4.68. The molecular weight excluding hydrogens is 324 g/mol. The number of carbonyl (C=O) groups excluding carboxylic acids is 1. The topological polar surface area (TPSA) is 58.1 Å². The summed E-state index contributed by atoms with van der Waals surface area (Å²) in [7, 11) is 0. The first-order chi connectivity index (χ1) is 12.8. The van der Waals surface area contributed by atoms with Crippen molar-refractivity contribution in [1.29, 1.82) is 0 Å². The van der Waals surface area contributed by atoms with Gasteiger partial charge >= 0.3 is 0 Å². The molecular formula is C21H20N4O. The van der Waals surface area contributed by atoms with Gasteiger partial charge in [0.15, 0.2) is 0 Å². The summed E-state index contributed by atoms with van der Waals surface area (Å²) in [6.45, 7) is 2.89. The normalized spacial score (nSPS) is 12.7. The monoisotopic (exact) mass is 344 g/mol. The molecule has 0 unspecified atom stereocenters. The molecule has 4 rings (SSSR count). The predicted octanol–water partition coefficient (Wildman–Crippen LogP) is 3.99. The smallest absolute Gasteiger partial charge is 0.274 e. The molecule has 0 atom stereocenters. The van der Waals surface area contributed by atoms with Crippen molar-refractivity contribution >= 4 is 23.2 Å². The molecule has 1 aromatic heterocycles. The molecule has 5 heteroatoms. The van der Waals surface area contributed by atoms with Gasteiger partial charge in [-0.05, 0) is 42.2 Å². The second-order valence-corrected chi connectivity index (χ2v) is 6.24. The van der Waals surface area contributed by atoms with Gasteiger partial charge in [0.2, 0.25) is 5.95 Å². The van der Waals surface area contributed by atoms with Crippen LogP contribution in [-0.4, -0.2) is 22.4 Å². The lowest BCUT2D eigenvalue weighted by atomic mass is 10.1. The number of aryl methyl sites for hydroxylation is 1. The van der Waals surface area contributed by atoms with Crippen LogP contribution in [0.15, 0.2) is 60.8 Å². The van der Waals surface area contributed by atoms with Gasteiger partial charge in [-0.3, -0.25) is 4.79 Å². The van der Waals surface area contributed by atoms with Gasteiger partial charge in [-0.25, -0.2) is 9.97 Å². The van der Waals surface area contributed by atoms with Crippen LogP contribution in [0.1, 0.15) is 28.5 Å². The second kappa shape index (κ2) is 6.96. The minimum Gasteiger partial charge on any atom is -0.320 e. The Bertz CT molecular complexity index is 954. The molecule has 0 fully saturated rings. The molecule has 1 aliphatic heterocycles. The molecule has 1 aliphatic rings. The first kappa shape index (κ1) is 16.3. The fraction of sp³-hybridized carbons (Fsp3) is 0.190. The molecule has 3 aromatic rings. The molecule has 1 N–H and O–H groups in total. The highest BCUT2D eigenvalue weighted by Gasteiger charge is 2.22. The minimum atomic E-state index is -0.220. The fourth-order valence-electron chi connectivity index (χ4n) is 3.29. The van der Waals surface area contributed by atoms with Crippen molar-refractivity contribution in [3.63, 3.8) is 0 Å². The average Bonchev–Trinajstić information content (AvgIpc) is 3.12. The maximum Gasteiger partial charge on any atom is 0.274 e. The van der Waals surface area contributed by atoms with Crippen LogP contribution in [0.4, 0.5) is 17.3 Å². The van der Waals surface area contributed by atoms with E-state index in [0.717, 1.165) is 36.3 Å². The van der Waals surface area contributed by atoms with E-state index in [4.69, 9.17) is 0 Å². The molecule has 0 radical (unpaired) electrons. The van der Waals surface area contributed by atoms with Gasteiger partial charge in [0.05, 0.1) is 0 Å². The van der Waals surface area contributed by atoms with Gasteiger partial charge in [0.25, 0.3) is 5.91 Å². The summed E-state index contributed by atoms with van der Waals surface area (Å²) in [6, 6.07) is 17.7. The van der Waals surface area contributed by atoms with Crippen molar-refractivity contribution in [3.8, 4) is 0 Å². The van der Waals surface area contributed by atoms with E-state index >= 15 is 0 Å². The summed E-state index contributed by atoms with van der Waals surface area (Å²) in [4.78, 5) is 23.6. The molecule has 0 saturated heterocycles. The quantitative estimate of drug-likeness (QED) is 0.777. The number of amides is 1. The number of nitrogens with one attached hydrogen (secondary N) is 1. The molecule has 2 aromatic carbocycles. The number of benzene rings is 2. The Hall–Kier alpha value is -3.21. The molecule has 0 bridgehead atoms. The summed E-state index contributed by atoms with van der Waals surface area (Å²) < 4.78 is 0. The molecule has 1 amide bonds. The highest BCUT2D eigenvalue weighted by atomic mass is 16.1. The maximum absolute atomic E-state index is 12.7. The Morgan fingerprint density at radius 2 is 1.92 bits per heavy atom. The van der Waals surface area contributed by atoms with Gasteiger partial charge in [-0.1, -0.05) is 43.3 Å². The van der Waals surface area contributed by atoms with E-state index in [1.54, 1.807) is 12.3 Å².